The van der Waals surface area contributed by atoms with Crippen LogP contribution in [0.5, 0.6) is 0 Å². The first-order valence-corrected chi connectivity index (χ1v) is 6.78. The lowest BCUT2D eigenvalue weighted by molar-refractivity contribution is 0.275. The van der Waals surface area contributed by atoms with Crippen LogP contribution >= 0.6 is 0 Å². The van der Waals surface area contributed by atoms with E-state index >= 15 is 0 Å². The average molecular weight is 257 g/mol. The number of aromatic nitrogens is 1. The third-order valence-corrected chi connectivity index (χ3v) is 3.69. The molecule has 0 unspecified atom stereocenters. The van der Waals surface area contributed by atoms with Gasteiger partial charge >= 0.3 is 0 Å². The standard InChI is InChI=1S/C15H19N3O/c1-16-15-13-7-9-18(10-8-14(13)17-19-15)11-12-5-3-2-4-6-12/h2-6,16H,7-11H2,1H3. The van der Waals surface area contributed by atoms with E-state index in [4.69, 9.17) is 4.52 Å². The third kappa shape index (κ3) is 2.63. The van der Waals surface area contributed by atoms with Gasteiger partial charge in [0.05, 0.1) is 5.69 Å². The number of nitrogens with one attached hydrogen (secondary N) is 1. The van der Waals surface area contributed by atoms with Crippen LogP contribution in [0.4, 0.5) is 5.88 Å². The molecule has 4 heteroatoms. The molecular weight excluding hydrogens is 238 g/mol. The van der Waals surface area contributed by atoms with E-state index in [1.54, 1.807) is 0 Å². The Hall–Kier alpha value is -1.81. The molecule has 0 fully saturated rings. The first-order chi connectivity index (χ1) is 9.36. The normalized spacial score (nSPS) is 15.8. The zero-order chi connectivity index (χ0) is 13.1. The Kier molecular flexibility index (Phi) is 3.51. The maximum atomic E-state index is 5.30. The van der Waals surface area contributed by atoms with Crippen LogP contribution < -0.4 is 5.32 Å². The maximum Gasteiger partial charge on any atom is 0.227 e. The highest BCUT2D eigenvalue weighted by Crippen LogP contribution is 2.23. The lowest BCUT2D eigenvalue weighted by Crippen LogP contribution is -2.26. The summed E-state index contributed by atoms with van der Waals surface area (Å²) >= 11 is 0. The van der Waals surface area contributed by atoms with E-state index in [9.17, 15) is 0 Å². The van der Waals surface area contributed by atoms with Crippen molar-refractivity contribution >= 4 is 5.88 Å². The lowest BCUT2D eigenvalue weighted by Gasteiger charge is -2.19. The second kappa shape index (κ2) is 5.45. The van der Waals surface area contributed by atoms with Crippen molar-refractivity contribution in [1.82, 2.24) is 10.1 Å². The zero-order valence-corrected chi connectivity index (χ0v) is 11.2. The molecule has 3 rings (SSSR count). The first-order valence-electron chi connectivity index (χ1n) is 6.78. The Morgan fingerprint density at radius 1 is 1.21 bits per heavy atom. The quantitative estimate of drug-likeness (QED) is 0.916. The van der Waals surface area contributed by atoms with E-state index in [-0.39, 0.29) is 0 Å². The number of benzene rings is 1. The van der Waals surface area contributed by atoms with E-state index in [1.807, 2.05) is 7.05 Å². The molecule has 0 spiro atoms. The van der Waals surface area contributed by atoms with Crippen LogP contribution in [0.3, 0.4) is 0 Å². The summed E-state index contributed by atoms with van der Waals surface area (Å²) < 4.78 is 5.30. The van der Waals surface area contributed by atoms with E-state index in [0.717, 1.165) is 44.1 Å². The molecule has 0 radical (unpaired) electrons. The zero-order valence-electron chi connectivity index (χ0n) is 11.2. The molecule has 0 saturated carbocycles. The summed E-state index contributed by atoms with van der Waals surface area (Å²) in [7, 11) is 1.88. The molecule has 0 amide bonds. The molecule has 19 heavy (non-hydrogen) atoms. The molecule has 0 aliphatic carbocycles. The number of anilines is 1. The van der Waals surface area contributed by atoms with Crippen LogP contribution in [-0.4, -0.2) is 30.2 Å². The van der Waals surface area contributed by atoms with Gasteiger partial charge in [-0.15, -0.1) is 0 Å². The van der Waals surface area contributed by atoms with Crippen LogP contribution in [0.15, 0.2) is 34.9 Å². The van der Waals surface area contributed by atoms with Gasteiger partial charge in [0.2, 0.25) is 5.88 Å². The minimum absolute atomic E-state index is 0.830. The Morgan fingerprint density at radius 2 is 2.00 bits per heavy atom. The van der Waals surface area contributed by atoms with Crippen molar-refractivity contribution in [3.63, 3.8) is 0 Å². The Labute approximate surface area is 113 Å². The molecule has 0 saturated heterocycles. The lowest BCUT2D eigenvalue weighted by atomic mass is 10.1. The second-order valence-electron chi connectivity index (χ2n) is 4.95. The summed E-state index contributed by atoms with van der Waals surface area (Å²) in [6.07, 6.45) is 1.97. The van der Waals surface area contributed by atoms with Gasteiger partial charge in [-0.3, -0.25) is 4.90 Å². The molecule has 100 valence electrons. The highest BCUT2D eigenvalue weighted by atomic mass is 16.5. The fraction of sp³-hybridized carbons (Fsp3) is 0.400. The van der Waals surface area contributed by atoms with Crippen molar-refractivity contribution < 1.29 is 4.52 Å². The molecule has 1 aliphatic heterocycles. The van der Waals surface area contributed by atoms with Gasteiger partial charge in [-0.2, -0.15) is 0 Å². The van der Waals surface area contributed by atoms with Crippen LogP contribution in [-0.2, 0) is 19.4 Å². The smallest absolute Gasteiger partial charge is 0.227 e. The molecule has 1 aromatic heterocycles. The molecule has 0 bridgehead atoms. The monoisotopic (exact) mass is 257 g/mol. The fourth-order valence-electron chi connectivity index (χ4n) is 2.64. The first kappa shape index (κ1) is 12.2. The molecule has 1 aromatic carbocycles. The summed E-state index contributed by atoms with van der Waals surface area (Å²) in [5.41, 5.74) is 3.73. The number of hydrogen-bond acceptors (Lipinski definition) is 4. The summed E-state index contributed by atoms with van der Waals surface area (Å²) in [6, 6.07) is 10.6. The number of fused-ring (bicyclic) bond motifs is 1. The van der Waals surface area contributed by atoms with Crippen LogP contribution in [0.25, 0.3) is 0 Å². The van der Waals surface area contributed by atoms with Gasteiger partial charge < -0.3 is 9.84 Å². The maximum absolute atomic E-state index is 5.30. The molecule has 1 aliphatic rings. The van der Waals surface area contributed by atoms with Gasteiger partial charge in [0.1, 0.15) is 0 Å². The van der Waals surface area contributed by atoms with Crippen molar-refractivity contribution in [2.75, 3.05) is 25.5 Å². The van der Waals surface area contributed by atoms with Crippen LogP contribution in [0, 0.1) is 0 Å². The van der Waals surface area contributed by atoms with Crippen molar-refractivity contribution in [2.24, 2.45) is 0 Å². The van der Waals surface area contributed by atoms with Gasteiger partial charge in [0.15, 0.2) is 0 Å². The number of rotatable bonds is 3. The Balaban J connectivity index is 1.68. The molecule has 0 atom stereocenters. The van der Waals surface area contributed by atoms with E-state index in [0.29, 0.717) is 0 Å². The van der Waals surface area contributed by atoms with E-state index < -0.39 is 0 Å². The van der Waals surface area contributed by atoms with Crippen molar-refractivity contribution in [1.29, 1.82) is 0 Å². The minimum Gasteiger partial charge on any atom is -0.357 e. The van der Waals surface area contributed by atoms with E-state index in [2.05, 4.69) is 45.7 Å². The largest absolute Gasteiger partial charge is 0.357 e. The molecule has 1 N–H and O–H groups in total. The Morgan fingerprint density at radius 3 is 2.79 bits per heavy atom. The number of nitrogens with zero attached hydrogens (tertiary/aromatic N) is 2. The SMILES string of the molecule is CNc1onc2c1CCN(Cc1ccccc1)CC2. The summed E-state index contributed by atoms with van der Waals surface area (Å²) in [4.78, 5) is 2.48. The highest BCUT2D eigenvalue weighted by molar-refractivity contribution is 5.43. The minimum atomic E-state index is 0.830. The van der Waals surface area contributed by atoms with Crippen molar-refractivity contribution in [2.45, 2.75) is 19.4 Å². The molecule has 2 heterocycles. The van der Waals surface area contributed by atoms with Gasteiger partial charge in [0.25, 0.3) is 0 Å². The molecule has 2 aromatic rings. The second-order valence-corrected chi connectivity index (χ2v) is 4.95. The van der Waals surface area contributed by atoms with Crippen molar-refractivity contribution in [3.05, 3.63) is 47.2 Å². The number of hydrogen-bond donors (Lipinski definition) is 1. The predicted molar refractivity (Wildman–Crippen MR) is 75.2 cm³/mol. The van der Waals surface area contributed by atoms with E-state index in [1.165, 1.54) is 11.1 Å². The summed E-state index contributed by atoms with van der Waals surface area (Å²) in [5, 5.41) is 7.24. The fourth-order valence-corrected chi connectivity index (χ4v) is 2.64. The van der Waals surface area contributed by atoms with Gasteiger partial charge in [-0.05, 0) is 12.0 Å². The summed E-state index contributed by atoms with van der Waals surface area (Å²) in [5.74, 6) is 0.830. The third-order valence-electron chi connectivity index (χ3n) is 3.69. The van der Waals surface area contributed by atoms with Crippen LogP contribution in [0.2, 0.25) is 0 Å². The van der Waals surface area contributed by atoms with Crippen molar-refractivity contribution in [3.8, 4) is 0 Å². The Bertz CT molecular complexity index is 536. The van der Waals surface area contributed by atoms with Gasteiger partial charge in [0, 0.05) is 38.7 Å². The molecular formula is C15H19N3O. The molecule has 4 nitrogen and oxygen atoms in total. The van der Waals surface area contributed by atoms with Gasteiger partial charge in [-0.1, -0.05) is 35.5 Å². The topological polar surface area (TPSA) is 41.3 Å². The predicted octanol–water partition coefficient (Wildman–Crippen LogP) is 2.32. The van der Waals surface area contributed by atoms with Crippen LogP contribution in [0.1, 0.15) is 16.8 Å². The average Bonchev–Trinajstić information content (AvgIpc) is 2.75. The summed E-state index contributed by atoms with van der Waals surface area (Å²) in [6.45, 7) is 3.10. The van der Waals surface area contributed by atoms with Gasteiger partial charge in [-0.25, -0.2) is 0 Å². The highest BCUT2D eigenvalue weighted by Gasteiger charge is 2.20.